The highest BCUT2D eigenvalue weighted by Crippen LogP contribution is 2.17. The molecule has 0 heterocycles. The molecule has 4 N–H and O–H groups in total. The van der Waals surface area contributed by atoms with Gasteiger partial charge >= 0.3 is 0 Å². The Hall–Kier alpha value is -1.14. The number of hydrogen-bond donors (Lipinski definition) is 4. The second kappa shape index (κ2) is 6.15. The summed E-state index contributed by atoms with van der Waals surface area (Å²) in [5.74, 6) is -0.519. The van der Waals surface area contributed by atoms with Gasteiger partial charge in [0.25, 0.3) is 5.91 Å². The molecule has 18 heavy (non-hydrogen) atoms. The number of aliphatic hydroxyl groups is 3. The lowest BCUT2D eigenvalue weighted by molar-refractivity contribution is 0.0375. The Morgan fingerprint density at radius 2 is 1.83 bits per heavy atom. The van der Waals surface area contributed by atoms with E-state index in [0.29, 0.717) is 10.6 Å². The van der Waals surface area contributed by atoms with E-state index in [2.05, 4.69) is 5.32 Å². The summed E-state index contributed by atoms with van der Waals surface area (Å²) in [5, 5.41) is 30.2. The van der Waals surface area contributed by atoms with Crippen molar-refractivity contribution in [3.63, 3.8) is 0 Å². The largest absolute Gasteiger partial charge is 0.394 e. The summed E-state index contributed by atoms with van der Waals surface area (Å²) in [4.78, 5) is 11.9. The van der Waals surface area contributed by atoms with E-state index in [1.54, 1.807) is 12.1 Å². The summed E-state index contributed by atoms with van der Waals surface area (Å²) in [7, 11) is 0. The van der Waals surface area contributed by atoms with Crippen LogP contribution >= 0.6 is 11.6 Å². The zero-order valence-corrected chi connectivity index (χ0v) is 10.7. The van der Waals surface area contributed by atoms with Gasteiger partial charge in [-0.1, -0.05) is 17.7 Å². The van der Waals surface area contributed by atoms with Gasteiger partial charge in [0, 0.05) is 10.6 Å². The quantitative estimate of drug-likeness (QED) is 0.612. The molecule has 0 fully saturated rings. The predicted molar refractivity (Wildman–Crippen MR) is 67.6 cm³/mol. The van der Waals surface area contributed by atoms with Crippen molar-refractivity contribution in [1.29, 1.82) is 0 Å². The van der Waals surface area contributed by atoms with Crippen LogP contribution in [0.4, 0.5) is 0 Å². The van der Waals surface area contributed by atoms with E-state index in [4.69, 9.17) is 26.9 Å². The fraction of sp³-hybridized carbons (Fsp3) is 0.417. The van der Waals surface area contributed by atoms with Gasteiger partial charge in [0.05, 0.1) is 19.8 Å². The van der Waals surface area contributed by atoms with Gasteiger partial charge in [-0.15, -0.1) is 0 Å². The van der Waals surface area contributed by atoms with Gasteiger partial charge in [-0.3, -0.25) is 4.79 Å². The zero-order valence-electron chi connectivity index (χ0n) is 9.98. The predicted octanol–water partition coefficient (Wildman–Crippen LogP) is 0.0939. The van der Waals surface area contributed by atoms with Gasteiger partial charge < -0.3 is 20.6 Å². The van der Waals surface area contributed by atoms with Crippen LogP contribution in [0.15, 0.2) is 18.2 Å². The molecule has 0 atom stereocenters. The maximum Gasteiger partial charge on any atom is 0.252 e. The average Bonchev–Trinajstić information content (AvgIpc) is 2.39. The number of hydrogen-bond acceptors (Lipinski definition) is 4. The number of carbonyl (C=O) groups is 1. The number of halogens is 1. The highest BCUT2D eigenvalue weighted by molar-refractivity contribution is 6.31. The molecule has 1 amide bonds. The van der Waals surface area contributed by atoms with E-state index in [-0.39, 0.29) is 0 Å². The fourth-order valence-electron chi connectivity index (χ4n) is 1.32. The molecule has 0 aliphatic heterocycles. The third-order valence-corrected chi connectivity index (χ3v) is 3.13. The highest BCUT2D eigenvalue weighted by atomic mass is 35.5. The zero-order chi connectivity index (χ0) is 13.8. The van der Waals surface area contributed by atoms with Crippen molar-refractivity contribution in [3.05, 3.63) is 34.3 Å². The standard InChI is InChI=1S/C12H16ClNO4/c1-8-2-3-9(4-10(8)13)11(18)14-12(5-15,6-16)7-17/h2-4,15-17H,5-7H2,1H3,(H,14,18). The summed E-state index contributed by atoms with van der Waals surface area (Å²) in [6.45, 7) is 0.117. The number of benzene rings is 1. The molecule has 0 radical (unpaired) electrons. The second-order valence-corrected chi connectivity index (χ2v) is 4.58. The monoisotopic (exact) mass is 273 g/mol. The minimum absolute atomic E-state index is 0.297. The van der Waals surface area contributed by atoms with Crippen LogP contribution in [0.3, 0.4) is 0 Å². The summed E-state index contributed by atoms with van der Waals surface area (Å²) in [5.41, 5.74) is -0.301. The number of amides is 1. The van der Waals surface area contributed by atoms with Crippen LogP contribution in [0.25, 0.3) is 0 Å². The van der Waals surface area contributed by atoms with E-state index in [1.165, 1.54) is 6.07 Å². The molecular formula is C12H16ClNO4. The Kier molecular flexibility index (Phi) is 5.10. The summed E-state index contributed by atoms with van der Waals surface area (Å²) < 4.78 is 0. The Bertz CT molecular complexity index is 424. The first-order valence-corrected chi connectivity index (χ1v) is 5.77. The van der Waals surface area contributed by atoms with Crippen molar-refractivity contribution in [2.24, 2.45) is 0 Å². The third-order valence-electron chi connectivity index (χ3n) is 2.72. The SMILES string of the molecule is Cc1ccc(C(=O)NC(CO)(CO)CO)cc1Cl. The number of aliphatic hydroxyl groups excluding tert-OH is 3. The second-order valence-electron chi connectivity index (χ2n) is 4.17. The maximum atomic E-state index is 11.9. The molecule has 1 aromatic carbocycles. The molecule has 6 heteroatoms. The van der Waals surface area contributed by atoms with Crippen molar-refractivity contribution >= 4 is 17.5 Å². The molecule has 0 aliphatic carbocycles. The van der Waals surface area contributed by atoms with E-state index in [9.17, 15) is 4.79 Å². The molecule has 1 rings (SSSR count). The molecule has 0 aliphatic rings. The molecule has 0 saturated heterocycles. The van der Waals surface area contributed by atoms with Crippen LogP contribution in [0.1, 0.15) is 15.9 Å². The molecular weight excluding hydrogens is 258 g/mol. The maximum absolute atomic E-state index is 11.9. The summed E-state index contributed by atoms with van der Waals surface area (Å²) >= 11 is 5.90. The Morgan fingerprint density at radius 3 is 2.28 bits per heavy atom. The molecule has 100 valence electrons. The lowest BCUT2D eigenvalue weighted by atomic mass is 10.0. The van der Waals surface area contributed by atoms with Gasteiger partial charge in [0.2, 0.25) is 0 Å². The van der Waals surface area contributed by atoms with Crippen LogP contribution in [-0.2, 0) is 0 Å². The van der Waals surface area contributed by atoms with Crippen LogP contribution in [0.5, 0.6) is 0 Å². The molecule has 0 saturated carbocycles. The smallest absolute Gasteiger partial charge is 0.252 e. The molecule has 5 nitrogen and oxygen atoms in total. The van der Waals surface area contributed by atoms with Gasteiger partial charge in [0.1, 0.15) is 5.54 Å². The highest BCUT2D eigenvalue weighted by Gasteiger charge is 2.30. The molecule has 1 aromatic rings. The van der Waals surface area contributed by atoms with Crippen molar-refractivity contribution < 1.29 is 20.1 Å². The van der Waals surface area contributed by atoms with Crippen LogP contribution < -0.4 is 5.32 Å². The first-order chi connectivity index (χ1) is 8.48. The first kappa shape index (κ1) is 14.9. The Labute approximate surface area is 110 Å². The van der Waals surface area contributed by atoms with Crippen molar-refractivity contribution in [3.8, 4) is 0 Å². The fourth-order valence-corrected chi connectivity index (χ4v) is 1.50. The third kappa shape index (κ3) is 3.20. The van der Waals surface area contributed by atoms with E-state index in [0.717, 1.165) is 5.56 Å². The van der Waals surface area contributed by atoms with Gasteiger partial charge in [-0.25, -0.2) is 0 Å². The van der Waals surface area contributed by atoms with Crippen molar-refractivity contribution in [2.75, 3.05) is 19.8 Å². The number of rotatable bonds is 5. The topological polar surface area (TPSA) is 89.8 Å². The normalized spacial score (nSPS) is 11.4. The van der Waals surface area contributed by atoms with Gasteiger partial charge in [-0.2, -0.15) is 0 Å². The number of carbonyl (C=O) groups excluding carboxylic acids is 1. The summed E-state index contributed by atoms with van der Waals surface area (Å²) in [6.07, 6.45) is 0. The van der Waals surface area contributed by atoms with E-state index < -0.39 is 31.3 Å². The van der Waals surface area contributed by atoms with E-state index >= 15 is 0 Å². The van der Waals surface area contributed by atoms with Crippen molar-refractivity contribution in [1.82, 2.24) is 5.32 Å². The van der Waals surface area contributed by atoms with Gasteiger partial charge in [-0.05, 0) is 24.6 Å². The van der Waals surface area contributed by atoms with Crippen molar-refractivity contribution in [2.45, 2.75) is 12.5 Å². The van der Waals surface area contributed by atoms with Gasteiger partial charge in [0.15, 0.2) is 0 Å². The average molecular weight is 274 g/mol. The first-order valence-electron chi connectivity index (χ1n) is 5.39. The number of nitrogens with one attached hydrogen (secondary N) is 1. The lowest BCUT2D eigenvalue weighted by Gasteiger charge is -2.28. The minimum atomic E-state index is -1.44. The lowest BCUT2D eigenvalue weighted by Crippen LogP contribution is -2.57. The minimum Gasteiger partial charge on any atom is -0.394 e. The van der Waals surface area contributed by atoms with Crippen LogP contribution in [0, 0.1) is 6.92 Å². The molecule has 0 unspecified atom stereocenters. The number of aryl methyl sites for hydroxylation is 1. The Balaban J connectivity index is 2.90. The molecule has 0 spiro atoms. The molecule has 0 bridgehead atoms. The van der Waals surface area contributed by atoms with Crippen LogP contribution in [-0.4, -0.2) is 46.6 Å². The summed E-state index contributed by atoms with van der Waals surface area (Å²) in [6, 6.07) is 4.76. The Morgan fingerprint density at radius 1 is 1.28 bits per heavy atom. The van der Waals surface area contributed by atoms with Crippen LogP contribution in [0.2, 0.25) is 5.02 Å². The van der Waals surface area contributed by atoms with E-state index in [1.807, 2.05) is 6.92 Å². The molecule has 0 aromatic heterocycles.